The van der Waals surface area contributed by atoms with Crippen LogP contribution >= 0.6 is 0 Å². The van der Waals surface area contributed by atoms with Crippen molar-refractivity contribution in [2.75, 3.05) is 0 Å². The zero-order chi connectivity index (χ0) is 25.1. The van der Waals surface area contributed by atoms with Crippen LogP contribution in [0.5, 0.6) is 0 Å². The molecule has 0 unspecified atom stereocenters. The van der Waals surface area contributed by atoms with Gasteiger partial charge in [-0.2, -0.15) is 0 Å². The highest BCUT2D eigenvalue weighted by Crippen LogP contribution is 2.40. The molecular weight excluding hydrogens is 464 g/mol. The maximum atomic E-state index is 6.34. The molecule has 0 atom stereocenters. The van der Waals surface area contributed by atoms with Gasteiger partial charge in [0.15, 0.2) is 0 Å². The lowest BCUT2D eigenvalue weighted by Crippen LogP contribution is -1.98. The number of para-hydroxylation sites is 3. The molecule has 178 valence electrons. The minimum absolute atomic E-state index is 0.913. The van der Waals surface area contributed by atoms with Gasteiger partial charge in [-0.1, -0.05) is 97.1 Å². The van der Waals surface area contributed by atoms with Crippen LogP contribution in [0.1, 0.15) is 0 Å². The van der Waals surface area contributed by atoms with Crippen LogP contribution in [0.25, 0.3) is 71.9 Å². The van der Waals surface area contributed by atoms with E-state index >= 15 is 0 Å². The number of hydrogen-bond donors (Lipinski definition) is 0. The van der Waals surface area contributed by atoms with Crippen molar-refractivity contribution < 1.29 is 4.42 Å². The van der Waals surface area contributed by atoms with Crippen LogP contribution in [-0.2, 0) is 0 Å². The van der Waals surface area contributed by atoms with Gasteiger partial charge in [-0.05, 0) is 52.9 Å². The number of fused-ring (bicyclic) bond motifs is 6. The molecule has 8 aromatic rings. The lowest BCUT2D eigenvalue weighted by molar-refractivity contribution is 0.672. The Hall–Kier alpha value is -5.15. The van der Waals surface area contributed by atoms with Crippen molar-refractivity contribution in [3.05, 3.63) is 133 Å². The van der Waals surface area contributed by atoms with Crippen molar-refractivity contribution in [1.82, 2.24) is 9.55 Å². The second kappa shape index (κ2) is 8.19. The second-order valence-electron chi connectivity index (χ2n) is 9.62. The Labute approximate surface area is 219 Å². The minimum Gasteiger partial charge on any atom is -0.455 e. The summed E-state index contributed by atoms with van der Waals surface area (Å²) in [6.07, 6.45) is 0. The molecule has 0 saturated heterocycles. The molecule has 0 aliphatic heterocycles. The fraction of sp³-hybridized carbons (Fsp3) is 0. The maximum absolute atomic E-state index is 6.34. The van der Waals surface area contributed by atoms with Gasteiger partial charge in [-0.3, -0.25) is 4.57 Å². The van der Waals surface area contributed by atoms with Gasteiger partial charge >= 0.3 is 0 Å². The van der Waals surface area contributed by atoms with Gasteiger partial charge in [0.05, 0.1) is 11.0 Å². The molecule has 0 bridgehead atoms. The van der Waals surface area contributed by atoms with Crippen LogP contribution in [0.15, 0.2) is 138 Å². The van der Waals surface area contributed by atoms with Crippen molar-refractivity contribution >= 4 is 43.7 Å². The standard InChI is InChI=1S/C35H22N2O/c1-2-11-23(12-3-1)35-36-31-18-7-8-19-32(31)37(35)25-14-10-13-24(21-25)29-22-30-27-16-6-9-20-33(27)38-34(30)28-17-5-4-15-26(28)29/h1-22H. The zero-order valence-electron chi connectivity index (χ0n) is 20.5. The van der Waals surface area contributed by atoms with Crippen LogP contribution < -0.4 is 0 Å². The molecule has 0 fully saturated rings. The van der Waals surface area contributed by atoms with Gasteiger partial charge < -0.3 is 4.42 Å². The van der Waals surface area contributed by atoms with Crippen LogP contribution in [0.4, 0.5) is 0 Å². The number of nitrogens with zero attached hydrogens (tertiary/aromatic N) is 2. The summed E-state index contributed by atoms with van der Waals surface area (Å²) in [5.41, 5.74) is 8.43. The molecule has 0 amide bonds. The molecule has 38 heavy (non-hydrogen) atoms. The Morgan fingerprint density at radius 1 is 0.526 bits per heavy atom. The van der Waals surface area contributed by atoms with Gasteiger partial charge in [0.25, 0.3) is 0 Å². The Morgan fingerprint density at radius 3 is 2.13 bits per heavy atom. The van der Waals surface area contributed by atoms with Gasteiger partial charge in [0, 0.05) is 27.4 Å². The van der Waals surface area contributed by atoms with E-state index in [4.69, 9.17) is 9.40 Å². The molecule has 0 N–H and O–H groups in total. The quantitative estimate of drug-likeness (QED) is 0.249. The highest BCUT2D eigenvalue weighted by atomic mass is 16.3. The van der Waals surface area contributed by atoms with Gasteiger partial charge in [0.1, 0.15) is 17.0 Å². The summed E-state index contributed by atoms with van der Waals surface area (Å²) in [4.78, 5) is 5.03. The molecule has 0 saturated carbocycles. The number of aromatic nitrogens is 2. The number of furan rings is 1. The molecule has 0 spiro atoms. The molecule has 2 aromatic heterocycles. The van der Waals surface area contributed by atoms with Crippen LogP contribution in [-0.4, -0.2) is 9.55 Å². The van der Waals surface area contributed by atoms with Crippen LogP contribution in [0.2, 0.25) is 0 Å². The lowest BCUT2D eigenvalue weighted by Gasteiger charge is -2.13. The first kappa shape index (κ1) is 21.0. The largest absolute Gasteiger partial charge is 0.455 e. The first-order chi connectivity index (χ1) is 18.8. The average molecular weight is 487 g/mol. The van der Waals surface area contributed by atoms with Crippen LogP contribution in [0.3, 0.4) is 0 Å². The predicted molar refractivity (Wildman–Crippen MR) is 157 cm³/mol. The fourth-order valence-electron chi connectivity index (χ4n) is 5.67. The van der Waals surface area contributed by atoms with E-state index in [2.05, 4.69) is 114 Å². The highest BCUT2D eigenvalue weighted by Gasteiger charge is 2.17. The monoisotopic (exact) mass is 486 g/mol. The van der Waals surface area contributed by atoms with Gasteiger partial charge in [-0.25, -0.2) is 4.98 Å². The molecule has 0 aliphatic carbocycles. The maximum Gasteiger partial charge on any atom is 0.145 e. The van der Waals surface area contributed by atoms with Crippen molar-refractivity contribution in [1.29, 1.82) is 0 Å². The summed E-state index contributed by atoms with van der Waals surface area (Å²) < 4.78 is 8.61. The van der Waals surface area contributed by atoms with E-state index in [-0.39, 0.29) is 0 Å². The van der Waals surface area contributed by atoms with Crippen molar-refractivity contribution in [3.8, 4) is 28.2 Å². The molecule has 3 nitrogen and oxygen atoms in total. The predicted octanol–water partition coefficient (Wildman–Crippen LogP) is 9.41. The first-order valence-electron chi connectivity index (χ1n) is 12.8. The van der Waals surface area contributed by atoms with Crippen molar-refractivity contribution in [3.63, 3.8) is 0 Å². The SMILES string of the molecule is c1ccc(-c2nc3ccccc3n2-c2cccc(-c3cc4c5ccccc5oc4c4ccccc34)c2)cc1. The Bertz CT molecular complexity index is 2130. The fourth-order valence-corrected chi connectivity index (χ4v) is 5.67. The van der Waals surface area contributed by atoms with E-state index in [0.29, 0.717) is 0 Å². The summed E-state index contributed by atoms with van der Waals surface area (Å²) in [5.74, 6) is 0.935. The van der Waals surface area contributed by atoms with E-state index in [1.54, 1.807) is 0 Å². The number of hydrogen-bond acceptors (Lipinski definition) is 2. The molecular formula is C35H22N2O. The Balaban J connectivity index is 1.41. The molecule has 6 aromatic carbocycles. The topological polar surface area (TPSA) is 31.0 Å². The molecule has 2 heterocycles. The third-order valence-electron chi connectivity index (χ3n) is 7.39. The van der Waals surface area contributed by atoms with E-state index in [1.165, 1.54) is 10.9 Å². The molecule has 8 rings (SSSR count). The van der Waals surface area contributed by atoms with Crippen molar-refractivity contribution in [2.45, 2.75) is 0 Å². The number of benzene rings is 6. The van der Waals surface area contributed by atoms with E-state index < -0.39 is 0 Å². The first-order valence-corrected chi connectivity index (χ1v) is 12.8. The van der Waals surface area contributed by atoms with Crippen LogP contribution in [0, 0.1) is 0 Å². The summed E-state index contributed by atoms with van der Waals surface area (Å²) in [6.45, 7) is 0. The summed E-state index contributed by atoms with van der Waals surface area (Å²) >= 11 is 0. The Morgan fingerprint density at radius 2 is 1.24 bits per heavy atom. The summed E-state index contributed by atoms with van der Waals surface area (Å²) in [6, 6.07) is 46.6. The minimum atomic E-state index is 0.913. The third-order valence-corrected chi connectivity index (χ3v) is 7.39. The van der Waals surface area contributed by atoms with E-state index in [1.807, 2.05) is 24.3 Å². The summed E-state index contributed by atoms with van der Waals surface area (Å²) in [7, 11) is 0. The molecule has 3 heteroatoms. The highest BCUT2D eigenvalue weighted by molar-refractivity contribution is 6.19. The van der Waals surface area contributed by atoms with Crippen molar-refractivity contribution in [2.24, 2.45) is 0 Å². The lowest BCUT2D eigenvalue weighted by atomic mass is 9.95. The van der Waals surface area contributed by atoms with Gasteiger partial charge in [-0.15, -0.1) is 0 Å². The summed E-state index contributed by atoms with van der Waals surface area (Å²) in [5, 5.41) is 4.57. The van der Waals surface area contributed by atoms with Gasteiger partial charge in [0.2, 0.25) is 0 Å². The number of rotatable bonds is 3. The van der Waals surface area contributed by atoms with E-state index in [0.717, 1.165) is 61.0 Å². The molecule has 0 radical (unpaired) electrons. The third kappa shape index (κ3) is 3.12. The zero-order valence-corrected chi connectivity index (χ0v) is 20.5. The molecule has 0 aliphatic rings. The van der Waals surface area contributed by atoms with E-state index in [9.17, 15) is 0 Å². The average Bonchev–Trinajstić information content (AvgIpc) is 3.56. The Kier molecular flexibility index (Phi) is 4.52. The smallest absolute Gasteiger partial charge is 0.145 e. The second-order valence-corrected chi connectivity index (χ2v) is 9.62. The number of imidazole rings is 1. The normalized spacial score (nSPS) is 11.7.